The highest BCUT2D eigenvalue weighted by Gasteiger charge is 2.28. The SMILES string of the molecule is O=C(NCc1ccc(S(=O)(=O)C2CCNCC2)cc1)c1cc2ccncc2o1. The number of fused-ring (bicyclic) bond motifs is 1. The van der Waals surface area contributed by atoms with Gasteiger partial charge in [-0.05, 0) is 55.8 Å². The summed E-state index contributed by atoms with van der Waals surface area (Å²) in [5, 5.41) is 6.45. The lowest BCUT2D eigenvalue weighted by Gasteiger charge is -2.22. The summed E-state index contributed by atoms with van der Waals surface area (Å²) in [6.45, 7) is 1.74. The monoisotopic (exact) mass is 399 g/mol. The maximum atomic E-state index is 12.7. The van der Waals surface area contributed by atoms with E-state index in [1.165, 1.54) is 0 Å². The maximum Gasteiger partial charge on any atom is 0.287 e. The molecular weight excluding hydrogens is 378 g/mol. The average Bonchev–Trinajstić information content (AvgIpc) is 3.17. The second-order valence-corrected chi connectivity index (χ2v) is 9.07. The van der Waals surface area contributed by atoms with E-state index in [9.17, 15) is 13.2 Å². The van der Waals surface area contributed by atoms with Crippen molar-refractivity contribution >= 4 is 26.7 Å². The Kier molecular flexibility index (Phi) is 5.15. The normalized spacial score (nSPS) is 15.6. The molecule has 2 N–H and O–H groups in total. The summed E-state index contributed by atoms with van der Waals surface area (Å²) in [5.74, 6) is -0.115. The van der Waals surface area contributed by atoms with Crippen molar-refractivity contribution < 1.29 is 17.6 Å². The van der Waals surface area contributed by atoms with Crippen molar-refractivity contribution in [3.8, 4) is 0 Å². The van der Waals surface area contributed by atoms with Gasteiger partial charge in [-0.1, -0.05) is 12.1 Å². The van der Waals surface area contributed by atoms with Gasteiger partial charge < -0.3 is 15.1 Å². The number of piperidine rings is 1. The van der Waals surface area contributed by atoms with Gasteiger partial charge in [0.25, 0.3) is 5.91 Å². The van der Waals surface area contributed by atoms with Crippen molar-refractivity contribution in [3.05, 3.63) is 60.1 Å². The van der Waals surface area contributed by atoms with E-state index >= 15 is 0 Å². The van der Waals surface area contributed by atoms with Gasteiger partial charge in [0.05, 0.1) is 16.3 Å². The van der Waals surface area contributed by atoms with E-state index in [1.807, 2.05) is 0 Å². The van der Waals surface area contributed by atoms with Gasteiger partial charge in [0.15, 0.2) is 21.2 Å². The number of nitrogens with one attached hydrogen (secondary N) is 2. The predicted octanol–water partition coefficient (Wildman–Crippen LogP) is 2.28. The van der Waals surface area contributed by atoms with Crippen LogP contribution >= 0.6 is 0 Å². The molecule has 7 nitrogen and oxygen atoms in total. The van der Waals surface area contributed by atoms with Gasteiger partial charge in [-0.2, -0.15) is 0 Å². The van der Waals surface area contributed by atoms with E-state index in [0.717, 1.165) is 24.0 Å². The third-order valence-corrected chi connectivity index (χ3v) is 7.26. The molecule has 0 aliphatic carbocycles. The summed E-state index contributed by atoms with van der Waals surface area (Å²) in [7, 11) is -3.32. The third-order valence-electron chi connectivity index (χ3n) is 4.98. The molecule has 1 aliphatic rings. The largest absolute Gasteiger partial charge is 0.449 e. The minimum absolute atomic E-state index is 0.216. The topological polar surface area (TPSA) is 101 Å². The first kappa shape index (κ1) is 18.6. The van der Waals surface area contributed by atoms with Crippen LogP contribution in [0.4, 0.5) is 0 Å². The standard InChI is InChI=1S/C20H21N3O4S/c24-20(18-11-15-5-8-22-13-19(15)27-18)23-12-14-1-3-16(4-2-14)28(25,26)17-6-9-21-10-7-17/h1-5,8,11,13,17,21H,6-7,9-10,12H2,(H,23,24). The molecule has 1 amide bonds. The van der Waals surface area contributed by atoms with E-state index in [2.05, 4.69) is 15.6 Å². The first-order chi connectivity index (χ1) is 13.5. The number of nitrogens with zero attached hydrogens (tertiary/aromatic N) is 1. The molecule has 0 radical (unpaired) electrons. The van der Waals surface area contributed by atoms with E-state index < -0.39 is 9.84 Å². The zero-order valence-corrected chi connectivity index (χ0v) is 16.0. The quantitative estimate of drug-likeness (QED) is 0.683. The number of pyridine rings is 1. The Morgan fingerprint density at radius 2 is 1.93 bits per heavy atom. The first-order valence-electron chi connectivity index (χ1n) is 9.19. The fourth-order valence-corrected chi connectivity index (χ4v) is 5.12. The number of carbonyl (C=O) groups is 1. The number of hydrogen-bond acceptors (Lipinski definition) is 6. The van der Waals surface area contributed by atoms with Crippen LogP contribution in [0.15, 0.2) is 58.1 Å². The van der Waals surface area contributed by atoms with Crippen molar-refractivity contribution in [1.82, 2.24) is 15.6 Å². The Hall–Kier alpha value is -2.71. The van der Waals surface area contributed by atoms with Gasteiger partial charge in [0, 0.05) is 18.1 Å². The zero-order chi connectivity index (χ0) is 19.6. The van der Waals surface area contributed by atoms with Crippen LogP contribution in [0.5, 0.6) is 0 Å². The Morgan fingerprint density at radius 3 is 2.64 bits per heavy atom. The molecule has 1 saturated heterocycles. The van der Waals surface area contributed by atoms with E-state index in [4.69, 9.17) is 4.42 Å². The lowest BCUT2D eigenvalue weighted by atomic mass is 10.2. The highest BCUT2D eigenvalue weighted by Crippen LogP contribution is 2.23. The van der Waals surface area contributed by atoms with Crippen molar-refractivity contribution in [2.24, 2.45) is 0 Å². The van der Waals surface area contributed by atoms with Crippen LogP contribution in [0.1, 0.15) is 29.0 Å². The summed E-state index contributed by atoms with van der Waals surface area (Å²) in [6.07, 6.45) is 4.47. The fourth-order valence-electron chi connectivity index (χ4n) is 3.36. The number of benzene rings is 1. The first-order valence-corrected chi connectivity index (χ1v) is 10.7. The van der Waals surface area contributed by atoms with E-state index in [1.54, 1.807) is 48.8 Å². The second-order valence-electron chi connectivity index (χ2n) is 6.85. The average molecular weight is 399 g/mol. The molecule has 2 aromatic heterocycles. The van der Waals surface area contributed by atoms with Crippen LogP contribution in [0.25, 0.3) is 11.0 Å². The molecule has 1 fully saturated rings. The molecule has 1 aliphatic heterocycles. The lowest BCUT2D eigenvalue weighted by molar-refractivity contribution is 0.0925. The summed E-state index contributed by atoms with van der Waals surface area (Å²) in [6, 6.07) is 10.1. The van der Waals surface area contributed by atoms with Gasteiger partial charge in [-0.25, -0.2) is 8.42 Å². The van der Waals surface area contributed by atoms with Gasteiger partial charge >= 0.3 is 0 Å². The van der Waals surface area contributed by atoms with E-state index in [-0.39, 0.29) is 23.5 Å². The highest BCUT2D eigenvalue weighted by molar-refractivity contribution is 7.92. The molecule has 0 bridgehead atoms. The van der Waals surface area contributed by atoms with Crippen LogP contribution in [-0.2, 0) is 16.4 Å². The van der Waals surface area contributed by atoms with Gasteiger partial charge in [0.2, 0.25) is 0 Å². The smallest absolute Gasteiger partial charge is 0.287 e. The van der Waals surface area contributed by atoms with Crippen molar-refractivity contribution in [1.29, 1.82) is 0 Å². The zero-order valence-electron chi connectivity index (χ0n) is 15.2. The molecule has 146 valence electrons. The van der Waals surface area contributed by atoms with Crippen LogP contribution in [0.3, 0.4) is 0 Å². The highest BCUT2D eigenvalue weighted by atomic mass is 32.2. The molecule has 0 saturated carbocycles. The summed E-state index contributed by atoms with van der Waals surface area (Å²) in [5.41, 5.74) is 1.37. The molecule has 0 unspecified atom stereocenters. The summed E-state index contributed by atoms with van der Waals surface area (Å²) in [4.78, 5) is 16.6. The van der Waals surface area contributed by atoms with Gasteiger partial charge in [0.1, 0.15) is 0 Å². The number of aromatic nitrogens is 1. The summed E-state index contributed by atoms with van der Waals surface area (Å²) >= 11 is 0. The minimum Gasteiger partial charge on any atom is -0.449 e. The molecule has 4 rings (SSSR count). The van der Waals surface area contributed by atoms with E-state index in [0.29, 0.717) is 23.3 Å². The molecule has 28 heavy (non-hydrogen) atoms. The number of rotatable bonds is 5. The van der Waals surface area contributed by atoms with Gasteiger partial charge in [-0.15, -0.1) is 0 Å². The predicted molar refractivity (Wildman–Crippen MR) is 105 cm³/mol. The second kappa shape index (κ2) is 7.73. The fraction of sp³-hybridized carbons (Fsp3) is 0.300. The Balaban J connectivity index is 1.41. The number of sulfone groups is 1. The number of hydrogen-bond donors (Lipinski definition) is 2. The molecule has 3 aromatic rings. The van der Waals surface area contributed by atoms with Crippen molar-refractivity contribution in [3.63, 3.8) is 0 Å². The molecular formula is C20H21N3O4S. The summed E-state index contributed by atoms with van der Waals surface area (Å²) < 4.78 is 30.9. The van der Waals surface area contributed by atoms with Crippen LogP contribution in [0, 0.1) is 0 Å². The Bertz CT molecular complexity index is 1050. The van der Waals surface area contributed by atoms with Crippen LogP contribution in [0.2, 0.25) is 0 Å². The molecule has 3 heterocycles. The number of furan rings is 1. The molecule has 0 spiro atoms. The number of amides is 1. The lowest BCUT2D eigenvalue weighted by Crippen LogP contribution is -2.35. The third kappa shape index (κ3) is 3.79. The molecule has 1 aromatic carbocycles. The van der Waals surface area contributed by atoms with Crippen LogP contribution in [-0.4, -0.2) is 37.6 Å². The van der Waals surface area contributed by atoms with Crippen molar-refractivity contribution in [2.45, 2.75) is 29.5 Å². The Morgan fingerprint density at radius 1 is 1.18 bits per heavy atom. The molecule has 8 heteroatoms. The van der Waals surface area contributed by atoms with Gasteiger partial charge in [-0.3, -0.25) is 9.78 Å². The van der Waals surface area contributed by atoms with Crippen LogP contribution < -0.4 is 10.6 Å². The Labute approximate surface area is 163 Å². The molecule has 0 atom stereocenters. The van der Waals surface area contributed by atoms with Crippen molar-refractivity contribution in [2.75, 3.05) is 13.1 Å². The number of carbonyl (C=O) groups excluding carboxylic acids is 1. The maximum absolute atomic E-state index is 12.7. The minimum atomic E-state index is -3.32.